The van der Waals surface area contributed by atoms with Gasteiger partial charge < -0.3 is 20.3 Å². The monoisotopic (exact) mass is 972 g/mol. The fraction of sp³-hybridized carbons (Fsp3) is 0.905. The van der Waals surface area contributed by atoms with E-state index in [0.29, 0.717) is 19.4 Å². The zero-order chi connectivity index (χ0) is 50.0. The van der Waals surface area contributed by atoms with E-state index in [2.05, 4.69) is 31.3 Å². The molecule has 0 rings (SSSR count). The lowest BCUT2D eigenvalue weighted by Gasteiger charge is -2.20. The zero-order valence-electron chi connectivity index (χ0n) is 46.6. The Kier molecular flexibility index (Phi) is 57.5. The Morgan fingerprint density at radius 3 is 1.04 bits per heavy atom. The molecule has 0 fully saturated rings. The van der Waals surface area contributed by atoms with Crippen molar-refractivity contribution in [3.05, 3.63) is 24.3 Å². The van der Waals surface area contributed by atoms with Gasteiger partial charge in [-0.15, -0.1) is 0 Å². The van der Waals surface area contributed by atoms with E-state index in [9.17, 15) is 19.8 Å². The van der Waals surface area contributed by atoms with Gasteiger partial charge in [0.15, 0.2) is 0 Å². The molecule has 0 aromatic rings. The minimum atomic E-state index is -0.850. The zero-order valence-corrected chi connectivity index (χ0v) is 46.6. The number of nitrogens with one attached hydrogen (secondary N) is 1. The minimum Gasteiger partial charge on any atom is -0.466 e. The van der Waals surface area contributed by atoms with Gasteiger partial charge in [0.2, 0.25) is 5.91 Å². The molecule has 0 heterocycles. The van der Waals surface area contributed by atoms with Gasteiger partial charge in [0, 0.05) is 12.8 Å². The standard InChI is InChI=1S/C63H121NO5/c1-3-5-7-9-11-13-15-17-18-19-20-21-22-23-24-25-28-32-35-39-43-47-51-55-61(66)60(59-65)64-62(67)56-52-48-44-40-36-33-29-26-27-30-34-38-42-46-50-54-58-69-63(68)57-53-49-45-41-37-31-16-14-12-10-8-6-4-2/h14,16,51,55,60-61,65-66H,3-13,15,17-50,52-54,56-59H2,1-2H3,(H,64,67)/b16-14-,55-51+. The number of aliphatic hydroxyl groups excluding tert-OH is 2. The largest absolute Gasteiger partial charge is 0.466 e. The van der Waals surface area contributed by atoms with Crippen LogP contribution in [0.4, 0.5) is 0 Å². The van der Waals surface area contributed by atoms with Gasteiger partial charge in [0.1, 0.15) is 0 Å². The minimum absolute atomic E-state index is 0.00646. The molecule has 6 nitrogen and oxygen atoms in total. The van der Waals surface area contributed by atoms with Crippen LogP contribution in [-0.2, 0) is 14.3 Å². The summed E-state index contributed by atoms with van der Waals surface area (Å²) in [6, 6.07) is -0.634. The lowest BCUT2D eigenvalue weighted by molar-refractivity contribution is -0.143. The molecule has 0 saturated heterocycles. The Morgan fingerprint density at radius 1 is 0.391 bits per heavy atom. The number of amides is 1. The van der Waals surface area contributed by atoms with E-state index in [0.717, 1.165) is 44.9 Å². The maximum Gasteiger partial charge on any atom is 0.305 e. The highest BCUT2D eigenvalue weighted by atomic mass is 16.5. The molecule has 0 aliphatic carbocycles. The summed E-state index contributed by atoms with van der Waals surface area (Å²) >= 11 is 0. The van der Waals surface area contributed by atoms with E-state index in [4.69, 9.17) is 4.74 Å². The third kappa shape index (κ3) is 55.5. The number of esters is 1. The summed E-state index contributed by atoms with van der Waals surface area (Å²) in [5.74, 6) is -0.0781. The van der Waals surface area contributed by atoms with Crippen molar-refractivity contribution < 1.29 is 24.5 Å². The average Bonchev–Trinajstić information content (AvgIpc) is 3.35. The van der Waals surface area contributed by atoms with Gasteiger partial charge in [0.05, 0.1) is 25.4 Å². The molecule has 2 unspecified atom stereocenters. The molecule has 0 saturated carbocycles. The quantitative estimate of drug-likeness (QED) is 0.0321. The van der Waals surface area contributed by atoms with Crippen molar-refractivity contribution in [3.63, 3.8) is 0 Å². The molecule has 0 aromatic heterocycles. The molecule has 1 amide bonds. The maximum atomic E-state index is 12.5. The van der Waals surface area contributed by atoms with Crippen LogP contribution in [0, 0.1) is 0 Å². The topological polar surface area (TPSA) is 95.9 Å². The number of aliphatic hydroxyl groups is 2. The van der Waals surface area contributed by atoms with Gasteiger partial charge in [-0.05, 0) is 57.8 Å². The second-order valence-corrected chi connectivity index (χ2v) is 21.4. The van der Waals surface area contributed by atoms with Crippen molar-refractivity contribution >= 4 is 11.9 Å². The molecule has 0 aliphatic heterocycles. The van der Waals surface area contributed by atoms with Crippen LogP contribution in [0.2, 0.25) is 0 Å². The first-order valence-electron chi connectivity index (χ1n) is 31.1. The van der Waals surface area contributed by atoms with Crippen molar-refractivity contribution in [1.82, 2.24) is 5.32 Å². The summed E-state index contributed by atoms with van der Waals surface area (Å²) < 4.78 is 5.47. The van der Waals surface area contributed by atoms with Crippen LogP contribution in [0.25, 0.3) is 0 Å². The Bertz CT molecular complexity index is 1080. The third-order valence-electron chi connectivity index (χ3n) is 14.5. The molecule has 0 radical (unpaired) electrons. The van der Waals surface area contributed by atoms with E-state index < -0.39 is 12.1 Å². The second-order valence-electron chi connectivity index (χ2n) is 21.4. The first-order chi connectivity index (χ1) is 34.0. The van der Waals surface area contributed by atoms with E-state index in [-0.39, 0.29) is 18.5 Å². The van der Waals surface area contributed by atoms with Crippen molar-refractivity contribution in [2.75, 3.05) is 13.2 Å². The normalized spacial score (nSPS) is 12.7. The average molecular weight is 973 g/mol. The Balaban J connectivity index is 3.46. The van der Waals surface area contributed by atoms with Gasteiger partial charge in [-0.1, -0.05) is 295 Å². The number of carbonyl (C=O) groups excluding carboxylic acids is 2. The number of unbranched alkanes of at least 4 members (excludes halogenated alkanes) is 45. The van der Waals surface area contributed by atoms with Crippen molar-refractivity contribution in [1.29, 1.82) is 0 Å². The summed E-state index contributed by atoms with van der Waals surface area (Å²) in [6.45, 7) is 4.90. The SMILES string of the molecule is CCCCCC/C=C\CCCCCCCC(=O)OCCCCCCCCCCCCCCCCCCC(=O)NC(CO)C(O)/C=C/CCCCCCCCCCCCCCCCCCCCCCC. The lowest BCUT2D eigenvalue weighted by Crippen LogP contribution is -2.45. The molecular weight excluding hydrogens is 851 g/mol. The van der Waals surface area contributed by atoms with Gasteiger partial charge in [-0.2, -0.15) is 0 Å². The van der Waals surface area contributed by atoms with Crippen molar-refractivity contribution in [2.45, 2.75) is 353 Å². The molecule has 2 atom stereocenters. The Morgan fingerprint density at radius 2 is 0.681 bits per heavy atom. The molecule has 69 heavy (non-hydrogen) atoms. The molecule has 0 bridgehead atoms. The Labute approximate surface area is 431 Å². The van der Waals surface area contributed by atoms with E-state index in [1.54, 1.807) is 6.08 Å². The predicted molar refractivity (Wildman–Crippen MR) is 301 cm³/mol. The van der Waals surface area contributed by atoms with Crippen LogP contribution in [0.1, 0.15) is 341 Å². The highest BCUT2D eigenvalue weighted by Crippen LogP contribution is 2.18. The number of hydrogen-bond donors (Lipinski definition) is 3. The van der Waals surface area contributed by atoms with Crippen LogP contribution >= 0.6 is 0 Å². The van der Waals surface area contributed by atoms with Crippen molar-refractivity contribution in [3.8, 4) is 0 Å². The van der Waals surface area contributed by atoms with Gasteiger partial charge in [0.25, 0.3) is 0 Å². The first kappa shape index (κ1) is 67.3. The fourth-order valence-electron chi connectivity index (χ4n) is 9.69. The fourth-order valence-corrected chi connectivity index (χ4v) is 9.69. The highest BCUT2D eigenvalue weighted by Gasteiger charge is 2.18. The summed E-state index contributed by atoms with van der Waals surface area (Å²) in [4.78, 5) is 24.5. The predicted octanol–water partition coefficient (Wildman–Crippen LogP) is 19.4. The van der Waals surface area contributed by atoms with Gasteiger partial charge in [-0.25, -0.2) is 0 Å². The summed E-state index contributed by atoms with van der Waals surface area (Å²) in [7, 11) is 0. The number of carbonyl (C=O) groups is 2. The first-order valence-corrected chi connectivity index (χ1v) is 31.1. The lowest BCUT2D eigenvalue weighted by atomic mass is 10.0. The smallest absolute Gasteiger partial charge is 0.305 e. The van der Waals surface area contributed by atoms with Crippen LogP contribution in [0.5, 0.6) is 0 Å². The molecule has 6 heteroatoms. The second kappa shape index (κ2) is 58.9. The number of allylic oxidation sites excluding steroid dienone is 3. The molecule has 0 spiro atoms. The molecule has 0 aromatic carbocycles. The number of hydrogen-bond acceptors (Lipinski definition) is 5. The van der Waals surface area contributed by atoms with E-state index in [1.807, 2.05) is 6.08 Å². The summed E-state index contributed by atoms with van der Waals surface area (Å²) in [5.41, 5.74) is 0. The maximum absolute atomic E-state index is 12.5. The van der Waals surface area contributed by atoms with Crippen LogP contribution in [0.3, 0.4) is 0 Å². The van der Waals surface area contributed by atoms with E-state index in [1.165, 1.54) is 270 Å². The Hall–Kier alpha value is -1.66. The molecular formula is C63H121NO5. The van der Waals surface area contributed by atoms with Crippen LogP contribution in [0.15, 0.2) is 24.3 Å². The number of ether oxygens (including phenoxy) is 1. The highest BCUT2D eigenvalue weighted by molar-refractivity contribution is 5.76. The molecule has 408 valence electrons. The third-order valence-corrected chi connectivity index (χ3v) is 14.5. The van der Waals surface area contributed by atoms with Crippen LogP contribution in [-0.4, -0.2) is 47.4 Å². The van der Waals surface area contributed by atoms with Gasteiger partial charge in [-0.3, -0.25) is 9.59 Å². The molecule has 3 N–H and O–H groups in total. The summed E-state index contributed by atoms with van der Waals surface area (Å²) in [6.07, 6.45) is 72.1. The van der Waals surface area contributed by atoms with E-state index >= 15 is 0 Å². The number of rotatable bonds is 58. The van der Waals surface area contributed by atoms with Crippen molar-refractivity contribution in [2.24, 2.45) is 0 Å². The summed E-state index contributed by atoms with van der Waals surface area (Å²) in [5, 5.41) is 23.2. The van der Waals surface area contributed by atoms with Gasteiger partial charge >= 0.3 is 5.97 Å². The molecule has 0 aliphatic rings. The van der Waals surface area contributed by atoms with Crippen LogP contribution < -0.4 is 5.32 Å².